The van der Waals surface area contributed by atoms with Crippen LogP contribution in [0.15, 0.2) is 30.3 Å². The van der Waals surface area contributed by atoms with Crippen LogP contribution in [0, 0.1) is 0 Å². The van der Waals surface area contributed by atoms with Gasteiger partial charge in [0, 0.05) is 18.8 Å². The van der Waals surface area contributed by atoms with Crippen LogP contribution >= 0.6 is 0 Å². The predicted octanol–water partition coefficient (Wildman–Crippen LogP) is 1.37. The first-order valence-electron chi connectivity index (χ1n) is 5.39. The Morgan fingerprint density at radius 3 is 2.88 bits per heavy atom. The number of carboxylic acid groups (broad SMARTS) is 1. The van der Waals surface area contributed by atoms with Gasteiger partial charge in [-0.25, -0.2) is 0 Å². The maximum atomic E-state index is 10.6. The van der Waals surface area contributed by atoms with Crippen LogP contribution in [0.1, 0.15) is 6.42 Å². The van der Waals surface area contributed by atoms with E-state index in [0.717, 1.165) is 12.2 Å². The van der Waals surface area contributed by atoms with Gasteiger partial charge in [-0.3, -0.25) is 4.79 Å². The van der Waals surface area contributed by atoms with Gasteiger partial charge in [0.1, 0.15) is 0 Å². The van der Waals surface area contributed by atoms with Crippen LogP contribution in [0.5, 0.6) is 0 Å². The van der Waals surface area contributed by atoms with Gasteiger partial charge in [-0.15, -0.1) is 0 Å². The number of carbonyl (C=O) groups is 1. The quantitative estimate of drug-likeness (QED) is 0.837. The zero-order valence-electron chi connectivity index (χ0n) is 9.00. The lowest BCUT2D eigenvalue weighted by molar-refractivity contribution is -0.140. The summed E-state index contributed by atoms with van der Waals surface area (Å²) in [6.07, 6.45) is -0.130. The Morgan fingerprint density at radius 2 is 2.19 bits per heavy atom. The largest absolute Gasteiger partial charge is 0.481 e. The van der Waals surface area contributed by atoms with E-state index in [1.807, 2.05) is 30.3 Å². The number of morpholine rings is 1. The van der Waals surface area contributed by atoms with E-state index in [1.165, 1.54) is 0 Å². The van der Waals surface area contributed by atoms with Gasteiger partial charge in [0.05, 0.1) is 19.1 Å². The van der Waals surface area contributed by atoms with Crippen molar-refractivity contribution in [1.29, 1.82) is 0 Å². The maximum Gasteiger partial charge on any atom is 0.306 e. The minimum Gasteiger partial charge on any atom is -0.481 e. The topological polar surface area (TPSA) is 49.8 Å². The molecular weight excluding hydrogens is 206 g/mol. The summed E-state index contributed by atoms with van der Waals surface area (Å²) < 4.78 is 5.42. The van der Waals surface area contributed by atoms with Gasteiger partial charge in [0.25, 0.3) is 0 Å². The molecule has 4 heteroatoms. The molecule has 16 heavy (non-hydrogen) atoms. The van der Waals surface area contributed by atoms with Crippen molar-refractivity contribution >= 4 is 11.7 Å². The number of carboxylic acids is 1. The molecule has 1 aliphatic rings. The molecule has 0 bridgehead atoms. The number of anilines is 1. The number of nitrogens with zero attached hydrogens (tertiary/aromatic N) is 1. The first kappa shape index (κ1) is 11.0. The van der Waals surface area contributed by atoms with Gasteiger partial charge in [-0.05, 0) is 12.1 Å². The van der Waals surface area contributed by atoms with Gasteiger partial charge >= 0.3 is 5.97 Å². The van der Waals surface area contributed by atoms with E-state index in [2.05, 4.69) is 4.90 Å². The van der Waals surface area contributed by atoms with E-state index in [9.17, 15) is 4.79 Å². The zero-order valence-corrected chi connectivity index (χ0v) is 9.00. The molecule has 0 aromatic heterocycles. The Kier molecular flexibility index (Phi) is 3.41. The van der Waals surface area contributed by atoms with Crippen LogP contribution in [0.4, 0.5) is 5.69 Å². The number of benzene rings is 1. The molecule has 1 aliphatic heterocycles. The van der Waals surface area contributed by atoms with Crippen LogP contribution < -0.4 is 4.90 Å². The average Bonchev–Trinajstić information content (AvgIpc) is 2.30. The third-order valence-corrected chi connectivity index (χ3v) is 2.66. The fourth-order valence-electron chi connectivity index (χ4n) is 1.91. The molecular formula is C12H15NO3. The van der Waals surface area contributed by atoms with E-state index < -0.39 is 5.97 Å². The second-order valence-electron chi connectivity index (χ2n) is 3.87. The average molecular weight is 221 g/mol. The number of rotatable bonds is 3. The third-order valence-electron chi connectivity index (χ3n) is 2.66. The van der Waals surface area contributed by atoms with Crippen LogP contribution in [-0.4, -0.2) is 36.9 Å². The number of hydrogen-bond acceptors (Lipinski definition) is 3. The molecule has 1 heterocycles. The number of para-hydroxylation sites is 1. The maximum absolute atomic E-state index is 10.6. The summed E-state index contributed by atoms with van der Waals surface area (Å²) in [5.74, 6) is -0.806. The monoisotopic (exact) mass is 221 g/mol. The van der Waals surface area contributed by atoms with Crippen molar-refractivity contribution in [3.63, 3.8) is 0 Å². The van der Waals surface area contributed by atoms with E-state index >= 15 is 0 Å². The molecule has 1 N–H and O–H groups in total. The van der Waals surface area contributed by atoms with Crippen molar-refractivity contribution < 1.29 is 14.6 Å². The molecule has 0 radical (unpaired) electrons. The minimum absolute atomic E-state index is 0.0728. The number of aliphatic carboxylic acids is 1. The molecule has 0 saturated carbocycles. The summed E-state index contributed by atoms with van der Waals surface area (Å²) in [4.78, 5) is 12.8. The zero-order chi connectivity index (χ0) is 11.4. The Morgan fingerprint density at radius 1 is 1.44 bits per heavy atom. The molecule has 0 spiro atoms. The molecule has 1 fully saturated rings. The van der Waals surface area contributed by atoms with Crippen LogP contribution in [0.25, 0.3) is 0 Å². The normalized spacial score (nSPS) is 20.8. The van der Waals surface area contributed by atoms with Crippen molar-refractivity contribution in [2.75, 3.05) is 24.6 Å². The fraction of sp³-hybridized carbons (Fsp3) is 0.417. The third kappa shape index (κ3) is 2.73. The SMILES string of the molecule is O=C(O)CC1CN(c2ccccc2)CCO1. The van der Waals surface area contributed by atoms with Crippen molar-refractivity contribution in [3.8, 4) is 0 Å². The molecule has 86 valence electrons. The molecule has 1 aromatic rings. The highest BCUT2D eigenvalue weighted by molar-refractivity contribution is 5.67. The summed E-state index contributed by atoms with van der Waals surface area (Å²) in [5, 5.41) is 8.72. The Hall–Kier alpha value is -1.55. The van der Waals surface area contributed by atoms with Gasteiger partial charge in [-0.2, -0.15) is 0 Å². The van der Waals surface area contributed by atoms with Gasteiger partial charge < -0.3 is 14.7 Å². The summed E-state index contributed by atoms with van der Waals surface area (Å²) in [6.45, 7) is 2.06. The number of hydrogen-bond donors (Lipinski definition) is 1. The molecule has 1 aromatic carbocycles. The Balaban J connectivity index is 1.99. The van der Waals surface area contributed by atoms with E-state index in [0.29, 0.717) is 13.2 Å². The Labute approximate surface area is 94.4 Å². The fourth-order valence-corrected chi connectivity index (χ4v) is 1.91. The molecule has 2 rings (SSSR count). The molecule has 1 unspecified atom stereocenters. The lowest BCUT2D eigenvalue weighted by Crippen LogP contribution is -2.43. The van der Waals surface area contributed by atoms with Gasteiger partial charge in [-0.1, -0.05) is 18.2 Å². The lowest BCUT2D eigenvalue weighted by atomic mass is 10.2. The summed E-state index contributed by atoms with van der Waals surface area (Å²) in [7, 11) is 0. The molecule has 1 atom stereocenters. The molecule has 1 saturated heterocycles. The van der Waals surface area contributed by atoms with Crippen molar-refractivity contribution in [2.45, 2.75) is 12.5 Å². The van der Waals surface area contributed by atoms with Crippen molar-refractivity contribution in [3.05, 3.63) is 30.3 Å². The summed E-state index contributed by atoms with van der Waals surface area (Å²) in [5.41, 5.74) is 1.13. The van der Waals surface area contributed by atoms with Crippen LogP contribution in [0.2, 0.25) is 0 Å². The minimum atomic E-state index is -0.806. The van der Waals surface area contributed by atoms with Gasteiger partial charge in [0.2, 0.25) is 0 Å². The van der Waals surface area contributed by atoms with E-state index in [1.54, 1.807) is 0 Å². The molecule has 4 nitrogen and oxygen atoms in total. The summed E-state index contributed by atoms with van der Waals surface area (Å²) in [6, 6.07) is 10.00. The highest BCUT2D eigenvalue weighted by Gasteiger charge is 2.22. The van der Waals surface area contributed by atoms with Gasteiger partial charge in [0.15, 0.2) is 0 Å². The van der Waals surface area contributed by atoms with Crippen LogP contribution in [-0.2, 0) is 9.53 Å². The highest BCUT2D eigenvalue weighted by Crippen LogP contribution is 2.18. The lowest BCUT2D eigenvalue weighted by Gasteiger charge is -2.33. The predicted molar refractivity (Wildman–Crippen MR) is 60.6 cm³/mol. The standard InChI is InChI=1S/C12H15NO3/c14-12(15)8-11-9-13(6-7-16-11)10-4-2-1-3-5-10/h1-5,11H,6-9H2,(H,14,15). The first-order valence-corrected chi connectivity index (χ1v) is 5.39. The summed E-state index contributed by atoms with van der Waals surface area (Å²) >= 11 is 0. The van der Waals surface area contributed by atoms with E-state index in [4.69, 9.17) is 9.84 Å². The number of ether oxygens (including phenoxy) is 1. The Bertz CT molecular complexity index is 353. The molecule has 0 aliphatic carbocycles. The highest BCUT2D eigenvalue weighted by atomic mass is 16.5. The van der Waals surface area contributed by atoms with Crippen molar-refractivity contribution in [2.24, 2.45) is 0 Å². The van der Waals surface area contributed by atoms with E-state index in [-0.39, 0.29) is 12.5 Å². The van der Waals surface area contributed by atoms with Crippen LogP contribution in [0.3, 0.4) is 0 Å². The first-order chi connectivity index (χ1) is 7.75. The smallest absolute Gasteiger partial charge is 0.306 e. The molecule has 0 amide bonds. The second kappa shape index (κ2) is 4.99. The second-order valence-corrected chi connectivity index (χ2v) is 3.87. The van der Waals surface area contributed by atoms with Crippen molar-refractivity contribution in [1.82, 2.24) is 0 Å².